The smallest absolute Gasteiger partial charge is 0.280 e. The van der Waals surface area contributed by atoms with Crippen molar-refractivity contribution in [2.75, 3.05) is 0 Å². The Morgan fingerprint density at radius 1 is 1.35 bits per heavy atom. The molecule has 8 heteroatoms. The molecule has 6 nitrogen and oxygen atoms in total. The summed E-state index contributed by atoms with van der Waals surface area (Å²) in [5, 5.41) is 11.2. The van der Waals surface area contributed by atoms with E-state index in [0.29, 0.717) is 26.3 Å². The van der Waals surface area contributed by atoms with E-state index in [4.69, 9.17) is 16.6 Å². The lowest BCUT2D eigenvalue weighted by atomic mass is 10.1. The molecule has 1 aliphatic rings. The number of carbonyl (C=O) groups excluding carboxylic acids is 1. The third-order valence-corrected chi connectivity index (χ3v) is 5.45. The van der Waals surface area contributed by atoms with Crippen molar-refractivity contribution in [3.63, 3.8) is 0 Å². The van der Waals surface area contributed by atoms with E-state index < -0.39 is 4.92 Å². The quantitative estimate of drug-likeness (QED) is 0.315. The molecule has 2 heterocycles. The van der Waals surface area contributed by atoms with Gasteiger partial charge in [0.15, 0.2) is 0 Å². The first-order valence-electron chi connectivity index (χ1n) is 8.03. The van der Waals surface area contributed by atoms with Gasteiger partial charge in [0.2, 0.25) is 0 Å². The summed E-state index contributed by atoms with van der Waals surface area (Å²) in [7, 11) is 0. The summed E-state index contributed by atoms with van der Waals surface area (Å²) >= 11 is 6.54. The van der Waals surface area contributed by atoms with E-state index in [0.717, 1.165) is 6.42 Å². The van der Waals surface area contributed by atoms with Crippen molar-refractivity contribution in [3.05, 3.63) is 57.2 Å². The minimum atomic E-state index is -0.450. The van der Waals surface area contributed by atoms with E-state index in [1.165, 1.54) is 17.8 Å². The molecule has 1 aromatic heterocycles. The molecule has 3 rings (SSSR count). The summed E-state index contributed by atoms with van der Waals surface area (Å²) in [4.78, 5) is 25.4. The molecule has 0 N–H and O–H groups in total. The molecule has 2 aromatic rings. The Balaban J connectivity index is 1.90. The van der Waals surface area contributed by atoms with Crippen molar-refractivity contribution in [2.45, 2.75) is 26.3 Å². The van der Waals surface area contributed by atoms with Crippen LogP contribution in [-0.2, 0) is 4.79 Å². The SMILES string of the molecule is CCC(C)N1C(=O)/C(=C/c2ccc(-c3ccccc3[N+](=O)[O-])o2)SC1=S. The zero-order chi connectivity index (χ0) is 18.8. The third-order valence-electron chi connectivity index (χ3n) is 4.12. The molecule has 1 unspecified atom stereocenters. The van der Waals surface area contributed by atoms with Crippen LogP contribution < -0.4 is 0 Å². The standard InChI is InChI=1S/C18H16N2O4S2/c1-3-11(2)19-17(21)16(26-18(19)25)10-12-8-9-15(24-12)13-6-4-5-7-14(13)20(22)23/h4-11H,3H2,1-2H3/b16-10-. The van der Waals surface area contributed by atoms with Crippen molar-refractivity contribution in [2.24, 2.45) is 0 Å². The van der Waals surface area contributed by atoms with Gasteiger partial charge in [0, 0.05) is 18.2 Å². The Bertz CT molecular complexity index is 919. The van der Waals surface area contributed by atoms with Crippen LogP contribution in [0.25, 0.3) is 17.4 Å². The van der Waals surface area contributed by atoms with E-state index in [9.17, 15) is 14.9 Å². The average molecular weight is 388 g/mol. The molecule has 1 saturated heterocycles. The van der Waals surface area contributed by atoms with Gasteiger partial charge in [0.25, 0.3) is 11.6 Å². The number of thioether (sulfide) groups is 1. The molecule has 26 heavy (non-hydrogen) atoms. The molecular weight excluding hydrogens is 372 g/mol. The average Bonchev–Trinajstić information content (AvgIpc) is 3.19. The lowest BCUT2D eigenvalue weighted by Gasteiger charge is -2.21. The van der Waals surface area contributed by atoms with E-state index >= 15 is 0 Å². The van der Waals surface area contributed by atoms with Gasteiger partial charge < -0.3 is 4.42 Å². The highest BCUT2D eigenvalue weighted by molar-refractivity contribution is 8.26. The fraction of sp³-hybridized carbons (Fsp3) is 0.222. The molecule has 0 saturated carbocycles. The lowest BCUT2D eigenvalue weighted by Crippen LogP contribution is -2.36. The largest absolute Gasteiger partial charge is 0.456 e. The summed E-state index contributed by atoms with van der Waals surface area (Å²) in [6.45, 7) is 3.95. The van der Waals surface area contributed by atoms with Crippen molar-refractivity contribution >= 4 is 46.0 Å². The predicted octanol–water partition coefficient (Wildman–Crippen LogP) is 4.85. The Morgan fingerprint density at radius 3 is 2.77 bits per heavy atom. The van der Waals surface area contributed by atoms with Gasteiger partial charge in [-0.25, -0.2) is 0 Å². The molecule has 134 valence electrons. The lowest BCUT2D eigenvalue weighted by molar-refractivity contribution is -0.384. The second kappa shape index (κ2) is 7.43. The fourth-order valence-corrected chi connectivity index (χ4v) is 4.03. The number of nitro groups is 1. The maximum Gasteiger partial charge on any atom is 0.280 e. The molecule has 1 aromatic carbocycles. The van der Waals surface area contributed by atoms with Crippen molar-refractivity contribution in [1.82, 2.24) is 4.90 Å². The van der Waals surface area contributed by atoms with Crippen LogP contribution in [0.15, 0.2) is 45.7 Å². The number of furan rings is 1. The summed E-state index contributed by atoms with van der Waals surface area (Å²) in [5.41, 5.74) is 0.362. The van der Waals surface area contributed by atoms with Crippen LogP contribution in [0, 0.1) is 10.1 Å². The topological polar surface area (TPSA) is 76.6 Å². The number of hydrogen-bond donors (Lipinski definition) is 0. The highest BCUT2D eigenvalue weighted by Gasteiger charge is 2.34. The van der Waals surface area contributed by atoms with Crippen molar-refractivity contribution in [3.8, 4) is 11.3 Å². The first kappa shape index (κ1) is 18.3. The minimum Gasteiger partial charge on any atom is -0.456 e. The van der Waals surface area contributed by atoms with Crippen LogP contribution in [0.2, 0.25) is 0 Å². The molecule has 1 fully saturated rings. The molecule has 0 bridgehead atoms. The van der Waals surface area contributed by atoms with E-state index in [-0.39, 0.29) is 17.6 Å². The van der Waals surface area contributed by atoms with Crippen molar-refractivity contribution < 1.29 is 14.1 Å². The number of nitrogens with zero attached hydrogens (tertiary/aromatic N) is 2. The third kappa shape index (κ3) is 3.42. The normalized spacial score (nSPS) is 17.2. The van der Waals surface area contributed by atoms with Crippen LogP contribution in [0.3, 0.4) is 0 Å². The number of carbonyl (C=O) groups is 1. The monoisotopic (exact) mass is 388 g/mol. The maximum absolute atomic E-state index is 12.6. The van der Waals surface area contributed by atoms with Gasteiger partial charge in [-0.3, -0.25) is 19.8 Å². The van der Waals surface area contributed by atoms with Crippen LogP contribution >= 0.6 is 24.0 Å². The van der Waals surface area contributed by atoms with Crippen LogP contribution in [0.5, 0.6) is 0 Å². The van der Waals surface area contributed by atoms with Crippen molar-refractivity contribution in [1.29, 1.82) is 0 Å². The Hall–Kier alpha value is -2.45. The molecule has 0 aliphatic carbocycles. The van der Waals surface area contributed by atoms with Crippen LogP contribution in [0.1, 0.15) is 26.0 Å². The Labute approximate surface area is 160 Å². The predicted molar refractivity (Wildman–Crippen MR) is 106 cm³/mol. The summed E-state index contributed by atoms with van der Waals surface area (Å²) in [5.74, 6) is 0.682. The molecule has 0 spiro atoms. The van der Waals surface area contributed by atoms with Gasteiger partial charge in [-0.05, 0) is 31.5 Å². The van der Waals surface area contributed by atoms with E-state index in [2.05, 4.69) is 0 Å². The highest BCUT2D eigenvalue weighted by Crippen LogP contribution is 2.36. The first-order valence-corrected chi connectivity index (χ1v) is 9.25. The number of rotatable bonds is 5. The number of nitro benzene ring substituents is 1. The zero-order valence-corrected chi connectivity index (χ0v) is 15.8. The van der Waals surface area contributed by atoms with Crippen LogP contribution in [0.4, 0.5) is 5.69 Å². The number of hydrogen-bond acceptors (Lipinski definition) is 6. The van der Waals surface area contributed by atoms with Gasteiger partial charge in [-0.15, -0.1) is 0 Å². The number of amides is 1. The van der Waals surface area contributed by atoms with Gasteiger partial charge in [0.05, 0.1) is 15.4 Å². The van der Waals surface area contributed by atoms with Crippen LogP contribution in [-0.4, -0.2) is 26.1 Å². The zero-order valence-electron chi connectivity index (χ0n) is 14.2. The maximum atomic E-state index is 12.6. The fourth-order valence-electron chi connectivity index (χ4n) is 2.59. The number of benzene rings is 1. The molecule has 1 amide bonds. The number of thiocarbonyl (C=S) groups is 1. The van der Waals surface area contributed by atoms with Gasteiger partial charge in [-0.2, -0.15) is 0 Å². The first-order chi connectivity index (χ1) is 12.4. The molecular formula is C18H16N2O4S2. The van der Waals surface area contributed by atoms with Gasteiger partial charge in [-0.1, -0.05) is 43.0 Å². The molecule has 1 atom stereocenters. The van der Waals surface area contributed by atoms with Gasteiger partial charge >= 0.3 is 0 Å². The highest BCUT2D eigenvalue weighted by atomic mass is 32.2. The second-order valence-corrected chi connectivity index (χ2v) is 7.46. The summed E-state index contributed by atoms with van der Waals surface area (Å²) in [6.07, 6.45) is 2.43. The summed E-state index contributed by atoms with van der Waals surface area (Å²) in [6, 6.07) is 9.74. The number of para-hydroxylation sites is 1. The summed E-state index contributed by atoms with van der Waals surface area (Å²) < 4.78 is 6.25. The minimum absolute atomic E-state index is 0.0310. The Morgan fingerprint density at radius 2 is 2.08 bits per heavy atom. The Kier molecular flexibility index (Phi) is 5.24. The van der Waals surface area contributed by atoms with E-state index in [1.807, 2.05) is 13.8 Å². The molecule has 0 radical (unpaired) electrons. The molecule has 1 aliphatic heterocycles. The second-order valence-electron chi connectivity index (χ2n) is 5.79. The van der Waals surface area contributed by atoms with Gasteiger partial charge in [0.1, 0.15) is 15.8 Å². The van der Waals surface area contributed by atoms with E-state index in [1.54, 1.807) is 41.3 Å².